The van der Waals surface area contributed by atoms with Gasteiger partial charge in [-0.3, -0.25) is 14.4 Å². The number of benzene rings is 1. The number of aromatic amines is 1. The van der Waals surface area contributed by atoms with Gasteiger partial charge in [0.05, 0.1) is 17.4 Å². The molecule has 114 valence electrons. The number of carbonyl (C=O) groups is 3. The number of nitrogens with zero attached hydrogens (tertiary/aromatic N) is 3. The molecule has 1 aliphatic heterocycles. The minimum Gasteiger partial charge on any atom is -0.345 e. The van der Waals surface area contributed by atoms with E-state index in [4.69, 9.17) is 0 Å². The van der Waals surface area contributed by atoms with Crippen LogP contribution in [-0.4, -0.2) is 64.2 Å². The maximum absolute atomic E-state index is 12.1. The van der Waals surface area contributed by atoms with Crippen LogP contribution < -0.4 is 5.32 Å². The van der Waals surface area contributed by atoms with Gasteiger partial charge >= 0.3 is 11.8 Å². The highest BCUT2D eigenvalue weighted by Crippen LogP contribution is 2.15. The van der Waals surface area contributed by atoms with Gasteiger partial charge in [0.15, 0.2) is 0 Å². The summed E-state index contributed by atoms with van der Waals surface area (Å²) in [7, 11) is 0. The Morgan fingerprint density at radius 2 is 2.00 bits per heavy atom. The predicted molar refractivity (Wildman–Crippen MR) is 78.9 cm³/mol. The van der Waals surface area contributed by atoms with E-state index in [1.807, 2.05) is 0 Å². The summed E-state index contributed by atoms with van der Waals surface area (Å²) in [6.07, 6.45) is 2.31. The SMILES string of the molecule is O=CN1CCN(C(=O)C(=O)Nc2ccc3nc[nH]c3c2)CC1. The van der Waals surface area contributed by atoms with Crippen molar-refractivity contribution in [3.05, 3.63) is 24.5 Å². The quantitative estimate of drug-likeness (QED) is 0.593. The third-order valence-electron chi connectivity index (χ3n) is 3.62. The van der Waals surface area contributed by atoms with E-state index in [2.05, 4.69) is 15.3 Å². The van der Waals surface area contributed by atoms with Crippen molar-refractivity contribution in [1.82, 2.24) is 19.8 Å². The van der Waals surface area contributed by atoms with Crippen LogP contribution in [0.25, 0.3) is 11.0 Å². The molecule has 8 heteroatoms. The third kappa shape index (κ3) is 2.76. The predicted octanol–water partition coefficient (Wildman–Crippen LogP) is -0.198. The number of aromatic nitrogens is 2. The number of fused-ring (bicyclic) bond motifs is 1. The molecule has 1 aromatic carbocycles. The van der Waals surface area contributed by atoms with Gasteiger partial charge in [-0.2, -0.15) is 0 Å². The van der Waals surface area contributed by atoms with Gasteiger partial charge in [0.25, 0.3) is 0 Å². The van der Waals surface area contributed by atoms with Crippen LogP contribution in [0.15, 0.2) is 24.5 Å². The molecule has 1 fully saturated rings. The molecule has 22 heavy (non-hydrogen) atoms. The Bertz CT molecular complexity index is 718. The van der Waals surface area contributed by atoms with Gasteiger partial charge < -0.3 is 20.1 Å². The zero-order chi connectivity index (χ0) is 15.5. The molecule has 1 aromatic heterocycles. The van der Waals surface area contributed by atoms with Crippen molar-refractivity contribution in [1.29, 1.82) is 0 Å². The standard InChI is InChI=1S/C14H15N5O3/c20-9-18-3-5-19(6-4-18)14(22)13(21)17-10-1-2-11-12(7-10)16-8-15-11/h1-2,7-9H,3-6H2,(H,15,16)(H,17,21). The maximum atomic E-state index is 12.1. The summed E-state index contributed by atoms with van der Waals surface area (Å²) in [6.45, 7) is 1.63. The normalized spacial score (nSPS) is 14.9. The smallest absolute Gasteiger partial charge is 0.313 e. The summed E-state index contributed by atoms with van der Waals surface area (Å²) in [4.78, 5) is 44.8. The van der Waals surface area contributed by atoms with Crippen molar-refractivity contribution in [2.24, 2.45) is 0 Å². The summed E-state index contributed by atoms with van der Waals surface area (Å²) >= 11 is 0. The fourth-order valence-corrected chi connectivity index (χ4v) is 2.37. The summed E-state index contributed by atoms with van der Waals surface area (Å²) in [5, 5.41) is 2.59. The van der Waals surface area contributed by atoms with Crippen molar-refractivity contribution in [3.63, 3.8) is 0 Å². The van der Waals surface area contributed by atoms with Crippen LogP contribution in [0.4, 0.5) is 5.69 Å². The van der Waals surface area contributed by atoms with E-state index >= 15 is 0 Å². The Kier molecular flexibility index (Phi) is 3.73. The highest BCUT2D eigenvalue weighted by molar-refractivity contribution is 6.39. The molecule has 0 bridgehead atoms. The Morgan fingerprint density at radius 1 is 1.23 bits per heavy atom. The molecule has 2 N–H and O–H groups in total. The first kappa shape index (κ1) is 14.1. The topological polar surface area (TPSA) is 98.4 Å². The van der Waals surface area contributed by atoms with Gasteiger partial charge in [-0.25, -0.2) is 4.98 Å². The molecule has 0 aliphatic carbocycles. The summed E-state index contributed by atoms with van der Waals surface area (Å²) < 4.78 is 0. The van der Waals surface area contributed by atoms with Crippen molar-refractivity contribution < 1.29 is 14.4 Å². The Morgan fingerprint density at radius 3 is 2.73 bits per heavy atom. The molecule has 0 spiro atoms. The van der Waals surface area contributed by atoms with E-state index < -0.39 is 11.8 Å². The maximum Gasteiger partial charge on any atom is 0.313 e. The number of rotatable bonds is 2. The van der Waals surface area contributed by atoms with Crippen molar-refractivity contribution >= 4 is 34.9 Å². The molecule has 2 heterocycles. The van der Waals surface area contributed by atoms with E-state index in [0.717, 1.165) is 17.4 Å². The minimum atomic E-state index is -0.682. The number of anilines is 1. The Hall–Kier alpha value is -2.90. The van der Waals surface area contributed by atoms with Gasteiger partial charge in [0.1, 0.15) is 0 Å². The zero-order valence-corrected chi connectivity index (χ0v) is 11.8. The van der Waals surface area contributed by atoms with E-state index in [1.54, 1.807) is 29.4 Å². The number of amides is 3. The molecule has 1 saturated heterocycles. The fourth-order valence-electron chi connectivity index (χ4n) is 2.37. The van der Waals surface area contributed by atoms with Gasteiger partial charge in [-0.05, 0) is 18.2 Å². The molecule has 0 atom stereocenters. The van der Waals surface area contributed by atoms with Crippen LogP contribution in [0, 0.1) is 0 Å². The number of hydrogen-bond donors (Lipinski definition) is 2. The molecule has 1 aliphatic rings. The van der Waals surface area contributed by atoms with Gasteiger partial charge in [-0.1, -0.05) is 0 Å². The summed E-state index contributed by atoms with van der Waals surface area (Å²) in [6, 6.07) is 5.17. The van der Waals surface area contributed by atoms with Crippen LogP contribution in [0.5, 0.6) is 0 Å². The van der Waals surface area contributed by atoms with Crippen molar-refractivity contribution in [2.45, 2.75) is 0 Å². The number of carbonyl (C=O) groups excluding carboxylic acids is 3. The van der Waals surface area contributed by atoms with Crippen LogP contribution in [0.1, 0.15) is 0 Å². The van der Waals surface area contributed by atoms with E-state index in [1.165, 1.54) is 4.90 Å². The van der Waals surface area contributed by atoms with Crippen LogP contribution in [0.3, 0.4) is 0 Å². The molecular weight excluding hydrogens is 286 g/mol. The number of imidazole rings is 1. The first-order valence-corrected chi connectivity index (χ1v) is 6.90. The third-order valence-corrected chi connectivity index (χ3v) is 3.62. The molecule has 0 unspecified atom stereocenters. The number of piperazine rings is 1. The largest absolute Gasteiger partial charge is 0.345 e. The van der Waals surface area contributed by atoms with Gasteiger partial charge in [-0.15, -0.1) is 0 Å². The Balaban J connectivity index is 1.63. The second kappa shape index (κ2) is 5.84. The first-order valence-electron chi connectivity index (χ1n) is 6.90. The lowest BCUT2D eigenvalue weighted by Crippen LogP contribution is -2.51. The monoisotopic (exact) mass is 301 g/mol. The first-order chi connectivity index (χ1) is 10.7. The van der Waals surface area contributed by atoms with Crippen LogP contribution in [-0.2, 0) is 14.4 Å². The molecule has 2 aromatic rings. The van der Waals surface area contributed by atoms with Crippen LogP contribution in [0.2, 0.25) is 0 Å². The zero-order valence-electron chi connectivity index (χ0n) is 11.8. The van der Waals surface area contributed by atoms with Crippen LogP contribution >= 0.6 is 0 Å². The lowest BCUT2D eigenvalue weighted by Gasteiger charge is -2.31. The second-order valence-corrected chi connectivity index (χ2v) is 5.02. The molecule has 3 rings (SSSR count). The van der Waals surface area contributed by atoms with E-state index in [-0.39, 0.29) is 0 Å². The van der Waals surface area contributed by atoms with Crippen molar-refractivity contribution in [2.75, 3.05) is 31.5 Å². The fraction of sp³-hybridized carbons (Fsp3) is 0.286. The van der Waals surface area contributed by atoms with Crippen molar-refractivity contribution in [3.8, 4) is 0 Å². The average Bonchev–Trinajstić information content (AvgIpc) is 3.02. The number of H-pyrrole nitrogens is 1. The average molecular weight is 301 g/mol. The van der Waals surface area contributed by atoms with Gasteiger partial charge in [0.2, 0.25) is 6.41 Å². The van der Waals surface area contributed by atoms with E-state index in [9.17, 15) is 14.4 Å². The minimum absolute atomic E-state index is 0.366. The number of hydrogen-bond acceptors (Lipinski definition) is 4. The number of nitrogens with one attached hydrogen (secondary N) is 2. The lowest BCUT2D eigenvalue weighted by molar-refractivity contribution is -0.144. The highest BCUT2D eigenvalue weighted by atomic mass is 16.2. The molecule has 8 nitrogen and oxygen atoms in total. The molecule has 3 amide bonds. The molecule has 0 saturated carbocycles. The lowest BCUT2D eigenvalue weighted by atomic mass is 10.2. The second-order valence-electron chi connectivity index (χ2n) is 5.02. The van der Waals surface area contributed by atoms with Gasteiger partial charge in [0, 0.05) is 31.9 Å². The van der Waals surface area contributed by atoms with E-state index in [0.29, 0.717) is 31.9 Å². The molecule has 0 radical (unpaired) electrons. The summed E-state index contributed by atoms with van der Waals surface area (Å²) in [5.74, 6) is -1.27. The molecular formula is C14H15N5O3. The highest BCUT2D eigenvalue weighted by Gasteiger charge is 2.25. The summed E-state index contributed by atoms with van der Waals surface area (Å²) in [5.41, 5.74) is 2.10. The Labute approximate surface area is 126 Å².